The molecule has 1 amide bonds. The molecule has 0 spiro atoms. The Bertz CT molecular complexity index is 618. The second-order valence-corrected chi connectivity index (χ2v) is 5.47. The summed E-state index contributed by atoms with van der Waals surface area (Å²) in [6.45, 7) is 3.01. The van der Waals surface area contributed by atoms with Gasteiger partial charge in [0.05, 0.1) is 12.7 Å². The third-order valence-corrected chi connectivity index (χ3v) is 3.01. The van der Waals surface area contributed by atoms with Crippen LogP contribution in [0.4, 0.5) is 8.78 Å². The zero-order chi connectivity index (χ0) is 18.3. The highest BCUT2D eigenvalue weighted by molar-refractivity contribution is 5.92. The summed E-state index contributed by atoms with van der Waals surface area (Å²) in [4.78, 5) is 35.0. The van der Waals surface area contributed by atoms with Gasteiger partial charge in [-0.25, -0.2) is 18.4 Å². The van der Waals surface area contributed by atoms with E-state index >= 15 is 0 Å². The largest absolute Gasteiger partial charge is 0.467 e. The predicted molar refractivity (Wildman–Crippen MR) is 80.0 cm³/mol. The van der Waals surface area contributed by atoms with Crippen LogP contribution in [0.3, 0.4) is 0 Å². The maximum atomic E-state index is 13.4. The fraction of sp³-hybridized carbons (Fsp3) is 0.438. The number of carbonyl (C=O) groups excluding carboxylic acids is 3. The average Bonchev–Trinajstić information content (AvgIpc) is 2.50. The van der Waals surface area contributed by atoms with E-state index in [2.05, 4.69) is 14.8 Å². The van der Waals surface area contributed by atoms with Gasteiger partial charge in [-0.1, -0.05) is 13.8 Å². The van der Waals surface area contributed by atoms with Gasteiger partial charge < -0.3 is 14.8 Å². The van der Waals surface area contributed by atoms with Gasteiger partial charge in [-0.15, -0.1) is 0 Å². The van der Waals surface area contributed by atoms with Crippen molar-refractivity contribution in [2.45, 2.75) is 26.3 Å². The van der Waals surface area contributed by atoms with Gasteiger partial charge in [-0.05, 0) is 24.5 Å². The third-order valence-electron chi connectivity index (χ3n) is 3.01. The van der Waals surface area contributed by atoms with Crippen molar-refractivity contribution >= 4 is 17.8 Å². The molecule has 0 saturated heterocycles. The lowest BCUT2D eigenvalue weighted by molar-refractivity contribution is -0.145. The summed E-state index contributed by atoms with van der Waals surface area (Å²) in [6, 6.07) is 1.48. The fourth-order valence-corrected chi connectivity index (χ4v) is 1.93. The molecular formula is C16H19F2NO5. The molecule has 0 aliphatic heterocycles. The summed E-state index contributed by atoms with van der Waals surface area (Å²) in [6.07, 6.45) is 0.346. The zero-order valence-electron chi connectivity index (χ0n) is 13.6. The third kappa shape index (κ3) is 5.94. The number of nitrogens with one attached hydrogen (secondary N) is 1. The quantitative estimate of drug-likeness (QED) is 0.764. The molecule has 1 aromatic rings. The summed E-state index contributed by atoms with van der Waals surface area (Å²) in [5.41, 5.74) is -0.490. The number of amides is 1. The monoisotopic (exact) mass is 343 g/mol. The van der Waals surface area contributed by atoms with Crippen molar-refractivity contribution in [3.05, 3.63) is 35.4 Å². The second-order valence-electron chi connectivity index (χ2n) is 5.47. The summed E-state index contributed by atoms with van der Waals surface area (Å²) in [5, 5.41) is 2.39. The van der Waals surface area contributed by atoms with Crippen LogP contribution in [-0.2, 0) is 19.1 Å². The first-order valence-electron chi connectivity index (χ1n) is 7.24. The molecule has 0 bridgehead atoms. The van der Waals surface area contributed by atoms with Crippen molar-refractivity contribution < 1.29 is 32.6 Å². The first-order chi connectivity index (χ1) is 11.2. The van der Waals surface area contributed by atoms with Gasteiger partial charge in [0, 0.05) is 6.07 Å². The van der Waals surface area contributed by atoms with Crippen LogP contribution in [0.5, 0.6) is 0 Å². The van der Waals surface area contributed by atoms with E-state index in [1.807, 2.05) is 13.8 Å². The Balaban J connectivity index is 2.60. The van der Waals surface area contributed by atoms with E-state index in [1.165, 1.54) is 7.11 Å². The van der Waals surface area contributed by atoms with Gasteiger partial charge in [0.25, 0.3) is 5.91 Å². The van der Waals surface area contributed by atoms with Crippen LogP contribution in [0, 0.1) is 17.6 Å². The van der Waals surface area contributed by atoms with Crippen LogP contribution in [0.1, 0.15) is 30.6 Å². The zero-order valence-corrected chi connectivity index (χ0v) is 13.6. The van der Waals surface area contributed by atoms with E-state index < -0.39 is 47.7 Å². The van der Waals surface area contributed by atoms with E-state index in [0.29, 0.717) is 12.5 Å². The molecule has 0 radical (unpaired) electrons. The van der Waals surface area contributed by atoms with Crippen molar-refractivity contribution in [3.8, 4) is 0 Å². The second kappa shape index (κ2) is 8.95. The van der Waals surface area contributed by atoms with Gasteiger partial charge in [0.2, 0.25) is 0 Å². The van der Waals surface area contributed by atoms with Crippen LogP contribution in [0.25, 0.3) is 0 Å². The summed E-state index contributed by atoms with van der Waals surface area (Å²) in [7, 11) is 1.19. The molecule has 0 aliphatic rings. The van der Waals surface area contributed by atoms with E-state index in [9.17, 15) is 23.2 Å². The van der Waals surface area contributed by atoms with Gasteiger partial charge >= 0.3 is 11.9 Å². The van der Waals surface area contributed by atoms with E-state index in [0.717, 1.165) is 12.1 Å². The van der Waals surface area contributed by atoms with Crippen LogP contribution in [-0.4, -0.2) is 37.6 Å². The first-order valence-corrected chi connectivity index (χ1v) is 7.24. The lowest BCUT2D eigenvalue weighted by Crippen LogP contribution is -2.44. The number of methoxy groups -OCH3 is 1. The maximum Gasteiger partial charge on any atom is 0.341 e. The Labute approximate surface area is 138 Å². The van der Waals surface area contributed by atoms with E-state index in [1.54, 1.807) is 0 Å². The molecule has 0 aliphatic carbocycles. The van der Waals surface area contributed by atoms with Crippen molar-refractivity contribution in [1.29, 1.82) is 0 Å². The van der Waals surface area contributed by atoms with Crippen molar-refractivity contribution in [2.75, 3.05) is 13.7 Å². The number of rotatable bonds is 7. The van der Waals surface area contributed by atoms with Crippen molar-refractivity contribution in [2.24, 2.45) is 5.92 Å². The molecule has 24 heavy (non-hydrogen) atoms. The highest BCUT2D eigenvalue weighted by Gasteiger charge is 2.23. The average molecular weight is 343 g/mol. The van der Waals surface area contributed by atoms with E-state index in [-0.39, 0.29) is 5.92 Å². The Morgan fingerprint density at radius 1 is 1.21 bits per heavy atom. The van der Waals surface area contributed by atoms with Crippen LogP contribution >= 0.6 is 0 Å². The molecular weight excluding hydrogens is 324 g/mol. The van der Waals surface area contributed by atoms with Crippen LogP contribution in [0.15, 0.2) is 18.2 Å². The number of halogens is 2. The molecule has 0 heterocycles. The van der Waals surface area contributed by atoms with Gasteiger partial charge in [0.1, 0.15) is 17.7 Å². The smallest absolute Gasteiger partial charge is 0.341 e. The van der Waals surface area contributed by atoms with Crippen molar-refractivity contribution in [3.63, 3.8) is 0 Å². The summed E-state index contributed by atoms with van der Waals surface area (Å²) >= 11 is 0. The summed E-state index contributed by atoms with van der Waals surface area (Å²) < 4.78 is 35.5. The Morgan fingerprint density at radius 3 is 2.42 bits per heavy atom. The molecule has 0 aromatic heterocycles. The molecule has 0 saturated carbocycles. The normalized spacial score (nSPS) is 11.8. The minimum Gasteiger partial charge on any atom is -0.467 e. The molecule has 1 rings (SSSR count). The summed E-state index contributed by atoms with van der Waals surface area (Å²) in [5.74, 6) is -4.27. The van der Waals surface area contributed by atoms with Gasteiger partial charge in [-0.2, -0.15) is 0 Å². The predicted octanol–water partition coefficient (Wildman–Crippen LogP) is 1.83. The lowest BCUT2D eigenvalue weighted by atomic mass is 10.0. The molecule has 8 heteroatoms. The SMILES string of the molecule is COC(=O)[C@@H](CC(C)C)NC(=O)COC(=O)c1ccc(F)cc1F. The molecule has 132 valence electrons. The minimum atomic E-state index is -1.11. The Morgan fingerprint density at radius 2 is 1.88 bits per heavy atom. The molecule has 6 nitrogen and oxygen atoms in total. The minimum absolute atomic E-state index is 0.116. The molecule has 1 aromatic carbocycles. The fourth-order valence-electron chi connectivity index (χ4n) is 1.93. The number of esters is 2. The Hall–Kier alpha value is -2.51. The molecule has 0 fully saturated rings. The molecule has 1 N–H and O–H groups in total. The van der Waals surface area contributed by atoms with Gasteiger partial charge in [0.15, 0.2) is 6.61 Å². The highest BCUT2D eigenvalue weighted by Crippen LogP contribution is 2.11. The maximum absolute atomic E-state index is 13.4. The highest BCUT2D eigenvalue weighted by atomic mass is 19.1. The van der Waals surface area contributed by atoms with Gasteiger partial charge in [-0.3, -0.25) is 4.79 Å². The first kappa shape index (κ1) is 19.5. The van der Waals surface area contributed by atoms with Crippen LogP contribution < -0.4 is 5.32 Å². The van der Waals surface area contributed by atoms with E-state index in [4.69, 9.17) is 0 Å². The number of hydrogen-bond acceptors (Lipinski definition) is 5. The number of ether oxygens (including phenoxy) is 2. The number of carbonyl (C=O) groups is 3. The standard InChI is InChI=1S/C16H19F2NO5/c1-9(2)6-13(16(22)23-3)19-14(20)8-24-15(21)11-5-4-10(17)7-12(11)18/h4-5,7,9,13H,6,8H2,1-3H3,(H,19,20)/t13-/m1/s1. The van der Waals surface area contributed by atoms with Crippen molar-refractivity contribution in [1.82, 2.24) is 5.32 Å². The Kier molecular flexibility index (Phi) is 7.29. The molecule has 0 unspecified atom stereocenters. The molecule has 1 atom stereocenters. The lowest BCUT2D eigenvalue weighted by Gasteiger charge is -2.18. The number of benzene rings is 1. The topological polar surface area (TPSA) is 81.7 Å². The number of hydrogen-bond donors (Lipinski definition) is 1. The van der Waals surface area contributed by atoms with Crippen LogP contribution in [0.2, 0.25) is 0 Å².